The van der Waals surface area contributed by atoms with Gasteiger partial charge in [0, 0.05) is 22.5 Å². The van der Waals surface area contributed by atoms with Gasteiger partial charge in [-0.25, -0.2) is 9.80 Å². The fourth-order valence-corrected chi connectivity index (χ4v) is 6.79. The highest BCUT2D eigenvalue weighted by molar-refractivity contribution is 6.35. The second-order valence-electron chi connectivity index (χ2n) is 14.0. The van der Waals surface area contributed by atoms with Crippen LogP contribution >= 0.6 is 0 Å². The fourth-order valence-electron chi connectivity index (χ4n) is 6.79. The molecule has 0 aliphatic carbocycles. The molecule has 0 fully saturated rings. The van der Waals surface area contributed by atoms with Crippen LogP contribution in [0.1, 0.15) is 84.4 Å². The number of carbonyl (C=O) groups is 6. The monoisotopic (exact) mass is 754 g/mol. The van der Waals surface area contributed by atoms with E-state index in [9.17, 15) is 28.8 Å². The molecule has 11 heteroatoms. The average Bonchev–Trinajstić information content (AvgIpc) is 3.60. The first kappa shape index (κ1) is 36.3. The van der Waals surface area contributed by atoms with Crippen LogP contribution in [0.4, 0.5) is 22.7 Å². The van der Waals surface area contributed by atoms with Gasteiger partial charge in [0.1, 0.15) is 11.5 Å². The van der Waals surface area contributed by atoms with Crippen molar-refractivity contribution in [3.05, 3.63) is 177 Å². The predicted octanol–water partition coefficient (Wildman–Crippen LogP) is 8.82. The van der Waals surface area contributed by atoms with Gasteiger partial charge in [0.25, 0.3) is 35.4 Å². The number of hydrogen-bond acceptors (Lipinski definition) is 7. The molecule has 57 heavy (non-hydrogen) atoms. The first-order valence-corrected chi connectivity index (χ1v) is 18.1. The molecule has 2 heterocycles. The third-order valence-electron chi connectivity index (χ3n) is 10.2. The van der Waals surface area contributed by atoms with Gasteiger partial charge in [-0.05, 0) is 147 Å². The first-order valence-electron chi connectivity index (χ1n) is 18.1. The van der Waals surface area contributed by atoms with E-state index >= 15 is 0 Å². The summed E-state index contributed by atoms with van der Waals surface area (Å²) in [4.78, 5) is 82.6. The summed E-state index contributed by atoms with van der Waals surface area (Å²) < 4.78 is 6.05. The Morgan fingerprint density at radius 1 is 0.439 bits per heavy atom. The number of carbonyl (C=O) groups excluding carboxylic acids is 6. The van der Waals surface area contributed by atoms with Gasteiger partial charge in [0.15, 0.2) is 0 Å². The van der Waals surface area contributed by atoms with E-state index in [4.69, 9.17) is 4.74 Å². The second kappa shape index (κ2) is 14.2. The number of imide groups is 2. The van der Waals surface area contributed by atoms with Gasteiger partial charge in [-0.3, -0.25) is 28.8 Å². The number of hydrogen-bond donors (Lipinski definition) is 2. The van der Waals surface area contributed by atoms with Gasteiger partial charge >= 0.3 is 0 Å². The molecule has 0 saturated carbocycles. The summed E-state index contributed by atoms with van der Waals surface area (Å²) >= 11 is 0. The highest BCUT2D eigenvalue weighted by atomic mass is 16.5. The minimum atomic E-state index is -0.595. The van der Waals surface area contributed by atoms with Gasteiger partial charge in [0.05, 0.1) is 33.6 Å². The Hall–Kier alpha value is -7.66. The lowest BCUT2D eigenvalue weighted by Crippen LogP contribution is -2.29. The topological polar surface area (TPSA) is 142 Å². The number of benzene rings is 6. The van der Waals surface area contributed by atoms with Crippen LogP contribution in [0.2, 0.25) is 0 Å². The molecule has 8 rings (SSSR count). The van der Waals surface area contributed by atoms with Crippen molar-refractivity contribution in [3.8, 4) is 11.5 Å². The number of aryl methyl sites for hydroxylation is 4. The van der Waals surface area contributed by atoms with Crippen LogP contribution in [0.15, 0.2) is 121 Å². The molecule has 6 aromatic carbocycles. The molecule has 0 spiro atoms. The Labute approximate surface area is 327 Å². The van der Waals surface area contributed by atoms with Crippen LogP contribution < -0.4 is 25.2 Å². The molecule has 6 amide bonds. The Bertz CT molecular complexity index is 2570. The van der Waals surface area contributed by atoms with Crippen LogP contribution in [0.5, 0.6) is 11.5 Å². The van der Waals surface area contributed by atoms with E-state index in [0.717, 1.165) is 32.1 Å². The summed E-state index contributed by atoms with van der Waals surface area (Å²) in [5.41, 5.74) is 7.00. The zero-order valence-corrected chi connectivity index (χ0v) is 31.3. The number of nitrogens with zero attached hydrogens (tertiary/aromatic N) is 2. The molecule has 11 nitrogen and oxygen atoms in total. The molecule has 6 aromatic rings. The SMILES string of the molecule is Cc1ccc(NC(=O)c2cccc(N3C(=O)c4ccc(Oc5ccc6c(c5)C(=O)N(c5cccc(C(=O)Nc7ccc(C)c(C)c7)c5)C6=O)cc4C3=O)c2)cc1C. The van der Waals surface area contributed by atoms with E-state index in [-0.39, 0.29) is 56.3 Å². The number of fused-ring (bicyclic) bond motifs is 2. The van der Waals surface area contributed by atoms with Crippen LogP contribution in [-0.2, 0) is 0 Å². The normalized spacial score (nSPS) is 13.1. The number of amides is 6. The van der Waals surface area contributed by atoms with Gasteiger partial charge in [-0.2, -0.15) is 0 Å². The molecule has 0 bridgehead atoms. The third kappa shape index (κ3) is 6.71. The molecule has 0 saturated heterocycles. The quantitative estimate of drug-likeness (QED) is 0.148. The molecular weight excluding hydrogens is 721 g/mol. The van der Waals surface area contributed by atoms with Crippen LogP contribution in [0, 0.1) is 27.7 Å². The lowest BCUT2D eigenvalue weighted by molar-refractivity contribution is 0.0910. The standard InChI is InChI=1S/C46H34N4O7/c1-25-11-13-31(19-27(25)3)47-41(51)29-7-5-9-33(21-29)49-43(53)37-17-15-35(23-39(37)45(49)55)57-36-16-18-38-40(24-36)46(56)50(44(38)54)34-10-6-8-30(22-34)42(52)48-32-14-12-26(2)28(4)20-32/h5-24H,1-4H3,(H,47,51)(H,48,52). The third-order valence-corrected chi connectivity index (χ3v) is 10.2. The first-order chi connectivity index (χ1) is 27.4. The largest absolute Gasteiger partial charge is 0.457 e. The van der Waals surface area contributed by atoms with E-state index in [2.05, 4.69) is 10.6 Å². The molecule has 0 aromatic heterocycles. The summed E-state index contributed by atoms with van der Waals surface area (Å²) in [5, 5.41) is 5.72. The van der Waals surface area contributed by atoms with Crippen molar-refractivity contribution in [2.24, 2.45) is 0 Å². The number of ether oxygens (including phenoxy) is 1. The van der Waals surface area contributed by atoms with Crippen molar-refractivity contribution < 1.29 is 33.5 Å². The van der Waals surface area contributed by atoms with Crippen molar-refractivity contribution in [1.29, 1.82) is 0 Å². The Morgan fingerprint density at radius 2 is 0.842 bits per heavy atom. The van der Waals surface area contributed by atoms with Crippen LogP contribution in [0.3, 0.4) is 0 Å². The zero-order chi connectivity index (χ0) is 40.1. The lowest BCUT2D eigenvalue weighted by Gasteiger charge is -2.15. The maximum absolute atomic E-state index is 13.7. The molecule has 0 radical (unpaired) electrons. The maximum atomic E-state index is 13.7. The van der Waals surface area contributed by atoms with Gasteiger partial charge in [0.2, 0.25) is 0 Å². The maximum Gasteiger partial charge on any atom is 0.266 e. The van der Waals surface area contributed by atoms with E-state index in [0.29, 0.717) is 11.4 Å². The highest BCUT2D eigenvalue weighted by Gasteiger charge is 2.39. The summed E-state index contributed by atoms with van der Waals surface area (Å²) in [6.45, 7) is 7.86. The summed E-state index contributed by atoms with van der Waals surface area (Å²) in [6.07, 6.45) is 0. The molecule has 280 valence electrons. The van der Waals surface area contributed by atoms with E-state index in [1.165, 1.54) is 48.5 Å². The minimum Gasteiger partial charge on any atom is -0.457 e. The molecule has 2 N–H and O–H groups in total. The molecule has 0 unspecified atom stereocenters. The molecule has 2 aliphatic heterocycles. The molecular formula is C46H34N4O7. The minimum absolute atomic E-state index is 0.0995. The Morgan fingerprint density at radius 3 is 1.25 bits per heavy atom. The van der Waals surface area contributed by atoms with Crippen molar-refractivity contribution in [2.75, 3.05) is 20.4 Å². The van der Waals surface area contributed by atoms with Crippen molar-refractivity contribution >= 4 is 58.2 Å². The van der Waals surface area contributed by atoms with Gasteiger partial charge in [-0.1, -0.05) is 24.3 Å². The molecule has 0 atom stereocenters. The number of anilines is 4. The average molecular weight is 755 g/mol. The predicted molar refractivity (Wildman–Crippen MR) is 216 cm³/mol. The van der Waals surface area contributed by atoms with Crippen LogP contribution in [0.25, 0.3) is 0 Å². The van der Waals surface area contributed by atoms with Crippen molar-refractivity contribution in [2.45, 2.75) is 27.7 Å². The van der Waals surface area contributed by atoms with Gasteiger partial charge < -0.3 is 15.4 Å². The number of rotatable bonds is 8. The van der Waals surface area contributed by atoms with Crippen LogP contribution in [-0.4, -0.2) is 35.4 Å². The fraction of sp³-hybridized carbons (Fsp3) is 0.0870. The highest BCUT2D eigenvalue weighted by Crippen LogP contribution is 2.36. The lowest BCUT2D eigenvalue weighted by atomic mass is 10.1. The van der Waals surface area contributed by atoms with Crippen molar-refractivity contribution in [3.63, 3.8) is 0 Å². The second-order valence-corrected chi connectivity index (χ2v) is 14.0. The van der Waals surface area contributed by atoms with E-state index in [1.807, 2.05) is 52.0 Å². The van der Waals surface area contributed by atoms with E-state index < -0.39 is 35.4 Å². The van der Waals surface area contributed by atoms with E-state index in [1.54, 1.807) is 48.5 Å². The Kier molecular flexibility index (Phi) is 9.05. The smallest absolute Gasteiger partial charge is 0.266 e. The zero-order valence-electron chi connectivity index (χ0n) is 31.3. The summed E-state index contributed by atoms with van der Waals surface area (Å²) in [5.74, 6) is -2.65. The van der Waals surface area contributed by atoms with Gasteiger partial charge in [-0.15, -0.1) is 0 Å². The summed E-state index contributed by atoms with van der Waals surface area (Å²) in [7, 11) is 0. The molecule has 2 aliphatic rings. The number of nitrogens with one attached hydrogen (secondary N) is 2. The Balaban J connectivity index is 0.977. The van der Waals surface area contributed by atoms with Crippen molar-refractivity contribution in [1.82, 2.24) is 0 Å². The summed E-state index contributed by atoms with van der Waals surface area (Å²) in [6, 6.07) is 32.6.